The first-order valence-electron chi connectivity index (χ1n) is 9.75. The zero-order valence-electron chi connectivity index (χ0n) is 18.4. The van der Waals surface area contributed by atoms with Crippen LogP contribution in [0, 0.1) is 0 Å². The van der Waals surface area contributed by atoms with Gasteiger partial charge in [-0.3, -0.25) is 4.52 Å². The summed E-state index contributed by atoms with van der Waals surface area (Å²) in [6.45, 7) is 9.75. The molecule has 0 aromatic rings. The highest BCUT2D eigenvalue weighted by atomic mass is 35.5. The number of hydrogen-bond donors (Lipinski definition) is 3. The summed E-state index contributed by atoms with van der Waals surface area (Å²) < 4.78 is 30.3. The molecule has 7 nitrogen and oxygen atoms in total. The van der Waals surface area contributed by atoms with Crippen molar-refractivity contribution in [1.29, 1.82) is 0 Å². The van der Waals surface area contributed by atoms with E-state index in [-0.39, 0.29) is 5.03 Å². The summed E-state index contributed by atoms with van der Waals surface area (Å²) in [5.41, 5.74) is 4.78. The first-order chi connectivity index (χ1) is 13.7. The summed E-state index contributed by atoms with van der Waals surface area (Å²) in [5, 5.41) is 0.194. The fourth-order valence-electron chi connectivity index (χ4n) is 2.43. The molecule has 0 aliphatic carbocycles. The fourth-order valence-corrected chi connectivity index (χ4v) is 4.21. The number of allylic oxidation sites excluding steroid dienone is 7. The molecule has 0 heterocycles. The van der Waals surface area contributed by atoms with Gasteiger partial charge in [-0.05, 0) is 73.1 Å². The van der Waals surface area contributed by atoms with Crippen molar-refractivity contribution in [3.63, 3.8) is 0 Å². The molecule has 0 aliphatic rings. The molecule has 3 N–H and O–H groups in total. The van der Waals surface area contributed by atoms with Gasteiger partial charge in [0.2, 0.25) is 0 Å². The highest BCUT2D eigenvalue weighted by Crippen LogP contribution is 2.57. The molecular weight excluding hydrogens is 450 g/mol. The fraction of sp³-hybridized carbons (Fsp3) is 0.600. The second-order valence-electron chi connectivity index (χ2n) is 7.50. The predicted molar refractivity (Wildman–Crippen MR) is 122 cm³/mol. The summed E-state index contributed by atoms with van der Waals surface area (Å²) in [7, 11) is -10.0. The summed E-state index contributed by atoms with van der Waals surface area (Å²) in [6, 6.07) is 0. The molecule has 1 atom stereocenters. The maximum absolute atomic E-state index is 11.4. The summed E-state index contributed by atoms with van der Waals surface area (Å²) in [6.07, 6.45) is 12.2. The third kappa shape index (κ3) is 17.2. The van der Waals surface area contributed by atoms with E-state index in [2.05, 4.69) is 54.8 Å². The van der Waals surface area contributed by atoms with Crippen LogP contribution in [0.2, 0.25) is 0 Å². The van der Waals surface area contributed by atoms with Crippen molar-refractivity contribution >= 4 is 27.2 Å². The van der Waals surface area contributed by atoms with Gasteiger partial charge in [0.15, 0.2) is 0 Å². The second-order valence-corrected chi connectivity index (χ2v) is 10.8. The van der Waals surface area contributed by atoms with Crippen molar-refractivity contribution in [2.75, 3.05) is 6.61 Å². The minimum absolute atomic E-state index is 0.194. The Kier molecular flexibility index (Phi) is 14.3. The Bertz CT molecular complexity index is 759. The Morgan fingerprint density at radius 3 is 1.77 bits per heavy atom. The molecule has 0 rings (SSSR count). The van der Waals surface area contributed by atoms with Crippen molar-refractivity contribution in [2.24, 2.45) is 0 Å². The lowest BCUT2D eigenvalue weighted by Gasteiger charge is -2.13. The third-order valence-corrected chi connectivity index (χ3v) is 6.73. The average Bonchev–Trinajstić information content (AvgIpc) is 2.57. The van der Waals surface area contributed by atoms with Gasteiger partial charge in [0.05, 0.1) is 6.61 Å². The quantitative estimate of drug-likeness (QED) is 0.181. The lowest BCUT2D eigenvalue weighted by Crippen LogP contribution is -1.98. The van der Waals surface area contributed by atoms with Crippen LogP contribution < -0.4 is 0 Å². The van der Waals surface area contributed by atoms with Crippen LogP contribution in [0.3, 0.4) is 0 Å². The molecule has 0 bridgehead atoms. The van der Waals surface area contributed by atoms with Crippen LogP contribution >= 0.6 is 27.2 Å². The van der Waals surface area contributed by atoms with Gasteiger partial charge in [-0.25, -0.2) is 9.13 Å². The average molecular weight is 485 g/mol. The van der Waals surface area contributed by atoms with Crippen molar-refractivity contribution in [1.82, 2.24) is 0 Å². The topological polar surface area (TPSA) is 113 Å². The molecule has 0 spiro atoms. The number of halogens is 1. The molecule has 0 aliphatic heterocycles. The number of hydrogen-bond acceptors (Lipinski definition) is 4. The predicted octanol–water partition coefficient (Wildman–Crippen LogP) is 6.92. The van der Waals surface area contributed by atoms with Gasteiger partial charge in [0.1, 0.15) is 0 Å². The second kappa shape index (κ2) is 14.5. The van der Waals surface area contributed by atoms with Crippen LogP contribution in [0.5, 0.6) is 0 Å². The normalized spacial score (nSPS) is 16.2. The molecule has 0 aromatic heterocycles. The monoisotopic (exact) mass is 484 g/mol. The van der Waals surface area contributed by atoms with E-state index in [1.807, 2.05) is 0 Å². The standard InChI is InChI=1S/C20H35ClO7P2/c1-16(2)9-6-10-17(3)11-7-12-18(4)13-8-14-19(5)20(21)15-27-30(25,26)28-29(22,23)24/h9,11,13H,6-8,10,12,14-15H2,1-5H3,(H,25,26)(H2,22,23,24)/b17-11+,18-13+,20-19?. The summed E-state index contributed by atoms with van der Waals surface area (Å²) in [4.78, 5) is 26.4. The van der Waals surface area contributed by atoms with E-state index in [1.165, 1.54) is 16.7 Å². The molecule has 30 heavy (non-hydrogen) atoms. The zero-order chi connectivity index (χ0) is 23.4. The van der Waals surface area contributed by atoms with Crippen molar-refractivity contribution in [3.8, 4) is 0 Å². The summed E-state index contributed by atoms with van der Waals surface area (Å²) >= 11 is 6.04. The highest BCUT2D eigenvalue weighted by Gasteiger charge is 2.32. The van der Waals surface area contributed by atoms with Gasteiger partial charge in [-0.2, -0.15) is 4.31 Å². The van der Waals surface area contributed by atoms with Crippen LogP contribution in [0.4, 0.5) is 0 Å². The SMILES string of the molecule is CC(C)=CCC/C(C)=C/CC/C(C)=C/CCC(C)=C(Cl)COP(=O)(O)OP(=O)(O)O. The van der Waals surface area contributed by atoms with E-state index >= 15 is 0 Å². The molecule has 1 unspecified atom stereocenters. The maximum Gasteiger partial charge on any atom is 0.481 e. The Morgan fingerprint density at radius 1 is 0.833 bits per heavy atom. The number of phosphoric acid groups is 2. The van der Waals surface area contributed by atoms with Crippen LogP contribution in [-0.4, -0.2) is 21.3 Å². The van der Waals surface area contributed by atoms with Crippen LogP contribution in [0.25, 0.3) is 0 Å². The number of phosphoric ester groups is 1. The zero-order valence-corrected chi connectivity index (χ0v) is 21.0. The van der Waals surface area contributed by atoms with Gasteiger partial charge < -0.3 is 14.7 Å². The summed E-state index contributed by atoms with van der Waals surface area (Å²) in [5.74, 6) is 0. The highest BCUT2D eigenvalue weighted by molar-refractivity contribution is 7.60. The maximum atomic E-state index is 11.4. The van der Waals surface area contributed by atoms with Crippen molar-refractivity contribution in [2.45, 2.75) is 73.1 Å². The molecule has 0 aromatic carbocycles. The van der Waals surface area contributed by atoms with Gasteiger partial charge in [0.25, 0.3) is 0 Å². The van der Waals surface area contributed by atoms with Gasteiger partial charge in [-0.1, -0.05) is 52.1 Å². The van der Waals surface area contributed by atoms with E-state index in [0.717, 1.165) is 37.7 Å². The smallest absolute Gasteiger partial charge is 0.302 e. The van der Waals surface area contributed by atoms with E-state index in [0.29, 0.717) is 6.42 Å². The molecule has 0 amide bonds. The molecule has 10 heteroatoms. The minimum atomic E-state index is -5.14. The van der Waals surface area contributed by atoms with E-state index < -0.39 is 22.3 Å². The lowest BCUT2D eigenvalue weighted by atomic mass is 10.0. The largest absolute Gasteiger partial charge is 0.481 e. The molecule has 0 radical (unpaired) electrons. The van der Waals surface area contributed by atoms with E-state index in [9.17, 15) is 14.0 Å². The van der Waals surface area contributed by atoms with E-state index in [1.54, 1.807) is 6.92 Å². The Labute approximate surface area is 185 Å². The molecule has 0 fully saturated rings. The molecule has 174 valence electrons. The van der Waals surface area contributed by atoms with Gasteiger partial charge in [0, 0.05) is 5.03 Å². The Hall–Kier alpha value is -0.490. The van der Waals surface area contributed by atoms with Crippen molar-refractivity contribution < 1.29 is 32.6 Å². The number of rotatable bonds is 14. The van der Waals surface area contributed by atoms with E-state index in [4.69, 9.17) is 21.4 Å². The third-order valence-electron chi connectivity index (χ3n) is 4.16. The van der Waals surface area contributed by atoms with Crippen LogP contribution in [-0.2, 0) is 18.0 Å². The Balaban J connectivity index is 4.40. The van der Waals surface area contributed by atoms with Crippen LogP contribution in [0.1, 0.15) is 73.1 Å². The first kappa shape index (κ1) is 29.5. The molecular formula is C20H35ClO7P2. The van der Waals surface area contributed by atoms with Crippen LogP contribution in [0.15, 0.2) is 45.6 Å². The minimum Gasteiger partial charge on any atom is -0.302 e. The molecule has 0 saturated heterocycles. The van der Waals surface area contributed by atoms with Gasteiger partial charge >= 0.3 is 15.6 Å². The van der Waals surface area contributed by atoms with Crippen molar-refractivity contribution in [3.05, 3.63) is 45.6 Å². The Morgan fingerprint density at radius 2 is 1.30 bits per heavy atom. The van der Waals surface area contributed by atoms with Gasteiger partial charge in [-0.15, -0.1) is 0 Å². The first-order valence-corrected chi connectivity index (χ1v) is 13.1. The lowest BCUT2D eigenvalue weighted by molar-refractivity contribution is 0.190. The molecule has 0 saturated carbocycles.